The van der Waals surface area contributed by atoms with E-state index < -0.39 is 6.10 Å². The van der Waals surface area contributed by atoms with Crippen LogP contribution in [0.2, 0.25) is 5.02 Å². The molecule has 1 aliphatic heterocycles. The van der Waals surface area contributed by atoms with Crippen LogP contribution in [0.1, 0.15) is 19.8 Å². The van der Waals surface area contributed by atoms with Gasteiger partial charge >= 0.3 is 0 Å². The average molecular weight is 359 g/mol. The number of benzene rings is 2. The minimum absolute atomic E-state index is 0.143. The molecule has 25 heavy (non-hydrogen) atoms. The highest BCUT2D eigenvalue weighted by molar-refractivity contribution is 6.30. The van der Waals surface area contributed by atoms with Crippen molar-refractivity contribution in [3.05, 3.63) is 53.6 Å². The number of anilines is 2. The molecule has 6 heteroatoms. The summed E-state index contributed by atoms with van der Waals surface area (Å²) in [6.07, 6.45) is 0.828. The van der Waals surface area contributed by atoms with Crippen molar-refractivity contribution < 1.29 is 14.3 Å². The number of nitrogens with one attached hydrogen (secondary N) is 1. The number of nitrogens with zero attached hydrogens (tertiary/aromatic N) is 1. The fraction of sp³-hybridized carbons (Fsp3) is 0.263. The van der Waals surface area contributed by atoms with Crippen molar-refractivity contribution in [3.8, 4) is 5.75 Å². The van der Waals surface area contributed by atoms with E-state index in [0.717, 1.165) is 18.7 Å². The second kappa shape index (κ2) is 7.57. The predicted molar refractivity (Wildman–Crippen MR) is 98.2 cm³/mol. The number of rotatable bonds is 5. The summed E-state index contributed by atoms with van der Waals surface area (Å²) >= 11 is 5.83. The van der Waals surface area contributed by atoms with Crippen LogP contribution in [0.15, 0.2) is 48.5 Å². The molecular formula is C19H19ClN2O3. The third-order valence-electron chi connectivity index (χ3n) is 4.02. The quantitative estimate of drug-likeness (QED) is 0.882. The monoisotopic (exact) mass is 358 g/mol. The number of carbonyl (C=O) groups is 2. The average Bonchev–Trinajstić information content (AvgIpc) is 3.03. The third kappa shape index (κ3) is 4.31. The van der Waals surface area contributed by atoms with Crippen molar-refractivity contribution in [1.82, 2.24) is 0 Å². The Bertz CT molecular complexity index is 759. The molecule has 0 aromatic heterocycles. The summed E-state index contributed by atoms with van der Waals surface area (Å²) in [7, 11) is 0. The third-order valence-corrected chi connectivity index (χ3v) is 4.27. The van der Waals surface area contributed by atoms with Crippen LogP contribution < -0.4 is 15.0 Å². The van der Waals surface area contributed by atoms with Crippen LogP contribution in [-0.4, -0.2) is 24.5 Å². The normalized spacial score (nSPS) is 15.1. The molecule has 2 aromatic rings. The topological polar surface area (TPSA) is 58.6 Å². The van der Waals surface area contributed by atoms with Crippen molar-refractivity contribution in [2.75, 3.05) is 16.8 Å². The number of carbonyl (C=O) groups excluding carboxylic acids is 2. The molecule has 0 unspecified atom stereocenters. The van der Waals surface area contributed by atoms with E-state index in [-0.39, 0.29) is 11.8 Å². The van der Waals surface area contributed by atoms with Crippen LogP contribution in [0.5, 0.6) is 5.75 Å². The Morgan fingerprint density at radius 1 is 1.16 bits per heavy atom. The van der Waals surface area contributed by atoms with E-state index in [9.17, 15) is 9.59 Å². The smallest absolute Gasteiger partial charge is 0.265 e. The van der Waals surface area contributed by atoms with Crippen LogP contribution >= 0.6 is 11.6 Å². The SMILES string of the molecule is C[C@H](Oc1ccc(N2CCCC2=O)cc1)C(=O)Nc1ccc(Cl)cc1. The second-order valence-electron chi connectivity index (χ2n) is 5.90. The van der Waals surface area contributed by atoms with E-state index in [1.807, 2.05) is 12.1 Å². The minimum atomic E-state index is -0.657. The Morgan fingerprint density at radius 3 is 2.44 bits per heavy atom. The van der Waals surface area contributed by atoms with Gasteiger partial charge in [-0.3, -0.25) is 9.59 Å². The summed E-state index contributed by atoms with van der Waals surface area (Å²) in [4.78, 5) is 25.7. The Hall–Kier alpha value is -2.53. The molecule has 1 aliphatic rings. The fourth-order valence-electron chi connectivity index (χ4n) is 2.66. The fourth-order valence-corrected chi connectivity index (χ4v) is 2.79. The van der Waals surface area contributed by atoms with Crippen LogP contribution in [0.3, 0.4) is 0 Å². The summed E-state index contributed by atoms with van der Waals surface area (Å²) in [5.41, 5.74) is 1.51. The summed E-state index contributed by atoms with van der Waals surface area (Å²) in [5.74, 6) is 0.472. The van der Waals surface area contributed by atoms with Gasteiger partial charge < -0.3 is 15.0 Å². The first-order valence-electron chi connectivity index (χ1n) is 8.16. The lowest BCUT2D eigenvalue weighted by Crippen LogP contribution is -2.30. The van der Waals surface area contributed by atoms with Crippen LogP contribution in [0.25, 0.3) is 0 Å². The Balaban J connectivity index is 1.58. The zero-order valence-corrected chi connectivity index (χ0v) is 14.6. The first kappa shape index (κ1) is 17.3. The maximum Gasteiger partial charge on any atom is 0.265 e. The van der Waals surface area contributed by atoms with Crippen LogP contribution in [0.4, 0.5) is 11.4 Å². The molecule has 1 atom stereocenters. The molecule has 1 saturated heterocycles. The molecule has 2 amide bonds. The van der Waals surface area contributed by atoms with Gasteiger partial charge in [-0.05, 0) is 61.9 Å². The second-order valence-corrected chi connectivity index (χ2v) is 6.34. The molecule has 5 nitrogen and oxygen atoms in total. The Kier molecular flexibility index (Phi) is 5.24. The molecule has 1 heterocycles. The van der Waals surface area contributed by atoms with Gasteiger partial charge in [-0.1, -0.05) is 11.6 Å². The molecule has 0 aliphatic carbocycles. The van der Waals surface area contributed by atoms with Gasteiger partial charge in [0, 0.05) is 29.4 Å². The lowest BCUT2D eigenvalue weighted by molar-refractivity contribution is -0.122. The number of amides is 2. The highest BCUT2D eigenvalue weighted by Crippen LogP contribution is 2.24. The van der Waals surface area contributed by atoms with Crippen LogP contribution in [-0.2, 0) is 9.59 Å². The highest BCUT2D eigenvalue weighted by Gasteiger charge is 2.21. The van der Waals surface area contributed by atoms with Crippen molar-refractivity contribution in [2.45, 2.75) is 25.9 Å². The van der Waals surface area contributed by atoms with Crippen molar-refractivity contribution in [3.63, 3.8) is 0 Å². The summed E-state index contributed by atoms with van der Waals surface area (Å²) in [6, 6.07) is 14.1. The van der Waals surface area contributed by atoms with Gasteiger partial charge in [0.2, 0.25) is 5.91 Å². The summed E-state index contributed by atoms with van der Waals surface area (Å²) in [5, 5.41) is 3.39. The maximum atomic E-state index is 12.2. The van der Waals surface area contributed by atoms with E-state index in [2.05, 4.69) is 5.32 Å². The Morgan fingerprint density at radius 2 is 1.84 bits per heavy atom. The standard InChI is InChI=1S/C19H19ClN2O3/c1-13(19(24)21-15-6-4-14(20)5-7-15)25-17-10-8-16(9-11-17)22-12-2-3-18(22)23/h4-11,13H,2-3,12H2,1H3,(H,21,24)/t13-/m0/s1. The Labute approximate surface area is 151 Å². The van der Waals surface area contributed by atoms with Gasteiger partial charge in [0.1, 0.15) is 5.75 Å². The lowest BCUT2D eigenvalue weighted by Gasteiger charge is -2.18. The molecular weight excluding hydrogens is 340 g/mol. The van der Waals surface area contributed by atoms with Crippen LogP contribution in [0, 0.1) is 0 Å². The van der Waals surface area contributed by atoms with E-state index in [1.54, 1.807) is 48.2 Å². The van der Waals surface area contributed by atoms with Crippen molar-refractivity contribution in [2.24, 2.45) is 0 Å². The van der Waals surface area contributed by atoms with Gasteiger partial charge in [0.25, 0.3) is 5.91 Å². The van der Waals surface area contributed by atoms with Gasteiger partial charge in [-0.15, -0.1) is 0 Å². The molecule has 0 spiro atoms. The predicted octanol–water partition coefficient (Wildman–Crippen LogP) is 3.87. The zero-order chi connectivity index (χ0) is 17.8. The zero-order valence-electron chi connectivity index (χ0n) is 13.9. The molecule has 2 aromatic carbocycles. The molecule has 0 bridgehead atoms. The maximum absolute atomic E-state index is 12.2. The molecule has 3 rings (SSSR count). The summed E-state index contributed by atoms with van der Waals surface area (Å²) < 4.78 is 5.67. The van der Waals surface area contributed by atoms with Gasteiger partial charge in [-0.2, -0.15) is 0 Å². The molecule has 1 N–H and O–H groups in total. The highest BCUT2D eigenvalue weighted by atomic mass is 35.5. The first-order chi connectivity index (χ1) is 12.0. The number of hydrogen-bond acceptors (Lipinski definition) is 3. The van der Waals surface area contributed by atoms with Gasteiger partial charge in [0.15, 0.2) is 6.10 Å². The largest absolute Gasteiger partial charge is 0.481 e. The van der Waals surface area contributed by atoms with Gasteiger partial charge in [-0.25, -0.2) is 0 Å². The van der Waals surface area contributed by atoms with E-state index in [1.165, 1.54) is 0 Å². The van der Waals surface area contributed by atoms with E-state index in [4.69, 9.17) is 16.3 Å². The summed E-state index contributed by atoms with van der Waals surface area (Å²) in [6.45, 7) is 2.43. The molecule has 130 valence electrons. The first-order valence-corrected chi connectivity index (χ1v) is 8.54. The van der Waals surface area contributed by atoms with Gasteiger partial charge in [0.05, 0.1) is 0 Å². The molecule has 1 fully saturated rings. The number of ether oxygens (including phenoxy) is 1. The van der Waals surface area contributed by atoms with E-state index >= 15 is 0 Å². The number of halogens is 1. The number of hydrogen-bond donors (Lipinski definition) is 1. The molecule has 0 saturated carbocycles. The molecule has 0 radical (unpaired) electrons. The van der Waals surface area contributed by atoms with Crippen molar-refractivity contribution >= 4 is 34.8 Å². The van der Waals surface area contributed by atoms with Crippen molar-refractivity contribution in [1.29, 1.82) is 0 Å². The minimum Gasteiger partial charge on any atom is -0.481 e. The lowest BCUT2D eigenvalue weighted by atomic mass is 10.2. The van der Waals surface area contributed by atoms with E-state index in [0.29, 0.717) is 22.9 Å².